The highest BCUT2D eigenvalue weighted by Gasteiger charge is 2.27. The molecule has 10 N–H and O–H groups in total. The molecule has 20 heteroatoms. The number of aromatic nitrogens is 4. The first-order chi connectivity index (χ1) is 21.5. The highest BCUT2D eigenvalue weighted by molar-refractivity contribution is 8.76. The fourth-order valence-electron chi connectivity index (χ4n) is 3.98. The summed E-state index contributed by atoms with van der Waals surface area (Å²) < 4.78 is 26.2. The van der Waals surface area contributed by atoms with E-state index in [9.17, 15) is 20.4 Å². The summed E-state index contributed by atoms with van der Waals surface area (Å²) in [4.78, 5) is 17.3. The molecule has 0 bridgehead atoms. The van der Waals surface area contributed by atoms with Crippen LogP contribution >= 0.6 is 21.6 Å². The van der Waals surface area contributed by atoms with E-state index < -0.39 is 24.7 Å². The predicted octanol–water partition coefficient (Wildman–Crippen LogP) is -0.893. The number of aliphatic imine (C=N–C) groups is 2. The van der Waals surface area contributed by atoms with E-state index in [4.69, 9.17) is 30.4 Å². The maximum absolute atomic E-state index is 9.20. The molecular formula is C24H40N10O8S2. The second kappa shape index (κ2) is 17.7. The van der Waals surface area contributed by atoms with Crippen molar-refractivity contribution in [3.8, 4) is 0 Å². The highest BCUT2D eigenvalue weighted by Crippen LogP contribution is 2.31. The number of fused-ring (bicyclic) bond motifs is 2. The topological polar surface area (TPSA) is 254 Å². The van der Waals surface area contributed by atoms with E-state index in [1.165, 1.54) is 0 Å². The third-order valence-electron chi connectivity index (χ3n) is 6.30. The maximum atomic E-state index is 9.20. The SMILES string of the molecule is NC1=NC(OCCCSSCCCOC2N=C(N)Nc3c2ncn3COC(CO)CO)c2ncn(COC(CO)CO)c2N1. The minimum absolute atomic E-state index is 0.0681. The number of hydrogen-bond donors (Lipinski definition) is 8. The zero-order chi connectivity index (χ0) is 31.3. The summed E-state index contributed by atoms with van der Waals surface area (Å²) in [5, 5.41) is 42.7. The number of imidazole rings is 2. The highest BCUT2D eigenvalue weighted by atomic mass is 33.1. The quantitative estimate of drug-likeness (QED) is 0.0597. The van der Waals surface area contributed by atoms with Crippen LogP contribution in [0.1, 0.15) is 36.7 Å². The van der Waals surface area contributed by atoms with Gasteiger partial charge in [-0.3, -0.25) is 9.13 Å². The second-order valence-electron chi connectivity index (χ2n) is 9.54. The molecule has 0 saturated carbocycles. The van der Waals surface area contributed by atoms with Gasteiger partial charge in [0.1, 0.15) is 48.7 Å². The molecule has 2 aliphatic heterocycles. The van der Waals surface area contributed by atoms with Crippen LogP contribution in [0, 0.1) is 0 Å². The molecule has 0 aliphatic carbocycles. The number of aliphatic hydroxyl groups is 4. The number of aliphatic hydroxyl groups excluding tert-OH is 4. The molecule has 2 aromatic rings. The lowest BCUT2D eigenvalue weighted by Gasteiger charge is -2.22. The molecule has 4 rings (SSSR count). The summed E-state index contributed by atoms with van der Waals surface area (Å²) >= 11 is 0. The smallest absolute Gasteiger partial charge is 0.198 e. The largest absolute Gasteiger partial charge is 0.394 e. The summed E-state index contributed by atoms with van der Waals surface area (Å²) in [6, 6.07) is 0. The number of nitrogens with zero attached hydrogens (tertiary/aromatic N) is 6. The minimum Gasteiger partial charge on any atom is -0.394 e. The average Bonchev–Trinajstić information content (AvgIpc) is 3.62. The molecule has 0 radical (unpaired) electrons. The van der Waals surface area contributed by atoms with Crippen LogP contribution < -0.4 is 22.1 Å². The number of nitrogens with one attached hydrogen (secondary N) is 2. The van der Waals surface area contributed by atoms with Crippen molar-refractivity contribution in [2.75, 3.05) is 61.8 Å². The van der Waals surface area contributed by atoms with Crippen molar-refractivity contribution in [2.24, 2.45) is 21.5 Å². The molecule has 2 aromatic heterocycles. The van der Waals surface area contributed by atoms with Crippen molar-refractivity contribution in [1.82, 2.24) is 19.1 Å². The van der Waals surface area contributed by atoms with Gasteiger partial charge in [0.15, 0.2) is 24.4 Å². The van der Waals surface area contributed by atoms with Crippen LogP contribution in [0.3, 0.4) is 0 Å². The molecule has 2 atom stereocenters. The Kier molecular flexibility index (Phi) is 13.8. The van der Waals surface area contributed by atoms with E-state index in [2.05, 4.69) is 30.6 Å². The van der Waals surface area contributed by atoms with Crippen LogP contribution in [-0.4, -0.2) is 115 Å². The van der Waals surface area contributed by atoms with Crippen molar-refractivity contribution in [2.45, 2.75) is 51.0 Å². The van der Waals surface area contributed by atoms with Crippen molar-refractivity contribution in [3.63, 3.8) is 0 Å². The molecule has 18 nitrogen and oxygen atoms in total. The lowest BCUT2D eigenvalue weighted by atomic mass is 10.3. The number of anilines is 2. The minimum atomic E-state index is -0.688. The Morgan fingerprint density at radius 3 is 1.52 bits per heavy atom. The summed E-state index contributed by atoms with van der Waals surface area (Å²) in [5.74, 6) is 3.33. The first-order valence-corrected chi connectivity index (χ1v) is 16.4. The van der Waals surface area contributed by atoms with Gasteiger partial charge < -0.3 is 61.5 Å². The zero-order valence-electron chi connectivity index (χ0n) is 24.0. The lowest BCUT2D eigenvalue weighted by molar-refractivity contribution is -0.0493. The Morgan fingerprint density at radius 2 is 1.14 bits per heavy atom. The van der Waals surface area contributed by atoms with Crippen LogP contribution in [0.25, 0.3) is 0 Å². The van der Waals surface area contributed by atoms with E-state index >= 15 is 0 Å². The fraction of sp³-hybridized carbons (Fsp3) is 0.667. The van der Waals surface area contributed by atoms with Gasteiger partial charge in [-0.1, -0.05) is 21.6 Å². The van der Waals surface area contributed by atoms with Gasteiger partial charge in [0.05, 0.1) is 52.3 Å². The molecule has 0 spiro atoms. The summed E-state index contributed by atoms with van der Waals surface area (Å²) in [7, 11) is 3.48. The third kappa shape index (κ3) is 9.42. The molecule has 0 aromatic carbocycles. The van der Waals surface area contributed by atoms with Gasteiger partial charge in [0.2, 0.25) is 0 Å². The van der Waals surface area contributed by atoms with Gasteiger partial charge in [-0.25, -0.2) is 20.0 Å². The molecule has 4 heterocycles. The van der Waals surface area contributed by atoms with Crippen molar-refractivity contribution in [1.29, 1.82) is 0 Å². The molecule has 0 fully saturated rings. The number of hydrogen-bond acceptors (Lipinski definition) is 18. The Morgan fingerprint density at radius 1 is 0.727 bits per heavy atom. The van der Waals surface area contributed by atoms with Gasteiger partial charge in [0, 0.05) is 11.5 Å². The monoisotopic (exact) mass is 660 g/mol. The Hall–Kier alpha value is -2.66. The van der Waals surface area contributed by atoms with Crippen LogP contribution in [0.2, 0.25) is 0 Å². The molecular weight excluding hydrogens is 620 g/mol. The molecule has 246 valence electrons. The van der Waals surface area contributed by atoms with E-state index in [1.54, 1.807) is 43.4 Å². The summed E-state index contributed by atoms with van der Waals surface area (Å²) in [6.07, 6.45) is 2.07. The van der Waals surface area contributed by atoms with Gasteiger partial charge >= 0.3 is 0 Å². The Balaban J connectivity index is 1.10. The van der Waals surface area contributed by atoms with Crippen molar-refractivity contribution < 1.29 is 39.4 Å². The van der Waals surface area contributed by atoms with E-state index in [0.29, 0.717) is 36.2 Å². The van der Waals surface area contributed by atoms with E-state index in [-0.39, 0.29) is 51.8 Å². The Labute approximate surface area is 261 Å². The number of rotatable bonds is 21. The van der Waals surface area contributed by atoms with Crippen LogP contribution in [0.15, 0.2) is 22.6 Å². The lowest BCUT2D eigenvalue weighted by Crippen LogP contribution is -2.31. The molecule has 44 heavy (non-hydrogen) atoms. The number of nitrogens with two attached hydrogens (primary N) is 2. The standard InChI is InChI=1S/C24H40N10O8S2/c25-23-29-19-17(27-11-33(19)13-41-15(7-35)8-36)21(31-23)39-3-1-5-43-44-6-2-4-40-22-18-20(30-24(26)32-22)34(12-28-18)14-42-16(9-37)10-38/h11-12,15-16,21-22,35-38H,1-10,13-14H2,(H3,25,29,31)(H3,26,30,32). The maximum Gasteiger partial charge on any atom is 0.198 e. The van der Waals surface area contributed by atoms with E-state index in [1.807, 2.05) is 0 Å². The van der Waals surface area contributed by atoms with Crippen LogP contribution in [-0.2, 0) is 32.4 Å². The Bertz CT molecular complexity index is 1130. The van der Waals surface area contributed by atoms with Crippen LogP contribution in [0.5, 0.6) is 0 Å². The average molecular weight is 661 g/mol. The first-order valence-electron chi connectivity index (χ1n) is 13.9. The zero-order valence-corrected chi connectivity index (χ0v) is 25.7. The number of guanidine groups is 2. The summed E-state index contributed by atoms with van der Waals surface area (Å²) in [5.41, 5.74) is 13.0. The third-order valence-corrected chi connectivity index (χ3v) is 8.87. The van der Waals surface area contributed by atoms with Crippen molar-refractivity contribution >= 4 is 45.1 Å². The second-order valence-corrected chi connectivity index (χ2v) is 12.2. The first kappa shape index (κ1) is 34.2. The van der Waals surface area contributed by atoms with Crippen molar-refractivity contribution in [3.05, 3.63) is 24.0 Å². The molecule has 0 amide bonds. The molecule has 2 aliphatic rings. The van der Waals surface area contributed by atoms with Gasteiger partial charge in [-0.05, 0) is 12.8 Å². The van der Waals surface area contributed by atoms with Gasteiger partial charge in [-0.15, -0.1) is 0 Å². The molecule has 2 unspecified atom stereocenters. The van der Waals surface area contributed by atoms with Gasteiger partial charge in [-0.2, -0.15) is 0 Å². The van der Waals surface area contributed by atoms with Crippen LogP contribution in [0.4, 0.5) is 11.6 Å². The van der Waals surface area contributed by atoms with Gasteiger partial charge in [0.25, 0.3) is 0 Å². The molecule has 0 saturated heterocycles. The fourth-order valence-corrected chi connectivity index (χ4v) is 6.10. The normalized spacial score (nSPS) is 17.7. The summed E-state index contributed by atoms with van der Waals surface area (Å²) in [6.45, 7) is -0.117. The predicted molar refractivity (Wildman–Crippen MR) is 165 cm³/mol. The van der Waals surface area contributed by atoms with E-state index in [0.717, 1.165) is 24.3 Å². The number of ether oxygens (including phenoxy) is 4.